The number of aromatic amines is 1. The van der Waals surface area contributed by atoms with E-state index in [0.29, 0.717) is 28.2 Å². The van der Waals surface area contributed by atoms with Crippen LogP contribution in [-0.4, -0.2) is 44.0 Å². The second kappa shape index (κ2) is 10.2. The molecule has 2 aromatic carbocycles. The number of benzene rings is 2. The molecule has 4 rings (SSSR count). The lowest BCUT2D eigenvalue weighted by molar-refractivity contribution is -0.140. The van der Waals surface area contributed by atoms with E-state index in [4.69, 9.17) is 10.5 Å². The van der Waals surface area contributed by atoms with E-state index in [-0.39, 0.29) is 11.8 Å². The number of hydrogen-bond donors (Lipinski definition) is 6. The minimum absolute atomic E-state index is 0.0512. The summed E-state index contributed by atoms with van der Waals surface area (Å²) in [6.07, 6.45) is 1.24. The van der Waals surface area contributed by atoms with Gasteiger partial charge in [0.1, 0.15) is 17.4 Å². The van der Waals surface area contributed by atoms with E-state index in [1.807, 2.05) is 0 Å². The van der Waals surface area contributed by atoms with Crippen LogP contribution < -0.4 is 26.4 Å². The fourth-order valence-electron chi connectivity index (χ4n) is 3.17. The number of ether oxygens (including phenoxy) is 1. The topological polar surface area (TPSA) is 184 Å². The number of nitrogen functional groups attached to an aromatic ring is 1. The third-order valence-corrected chi connectivity index (χ3v) is 4.78. The van der Waals surface area contributed by atoms with Crippen molar-refractivity contribution in [1.82, 2.24) is 20.3 Å². The Kier molecular flexibility index (Phi) is 6.72. The average Bonchev–Trinajstić information content (AvgIpc) is 3.29. The Bertz CT molecular complexity index is 1360. The summed E-state index contributed by atoms with van der Waals surface area (Å²) in [7, 11) is 0. The summed E-state index contributed by atoms with van der Waals surface area (Å²) >= 11 is 0. The van der Waals surface area contributed by atoms with Crippen molar-refractivity contribution >= 4 is 46.3 Å². The lowest BCUT2D eigenvalue weighted by atomic mass is 10.2. The normalized spacial score (nSPS) is 11.4. The van der Waals surface area contributed by atoms with Crippen LogP contribution in [-0.2, 0) is 9.59 Å². The Morgan fingerprint density at radius 2 is 1.69 bits per heavy atom. The zero-order valence-electron chi connectivity index (χ0n) is 18.2. The van der Waals surface area contributed by atoms with Crippen molar-refractivity contribution in [2.24, 2.45) is 0 Å². The Balaban J connectivity index is 1.34. The highest BCUT2D eigenvalue weighted by Gasteiger charge is 2.23. The minimum Gasteiger partial charge on any atom is -0.480 e. The highest BCUT2D eigenvalue weighted by atomic mass is 16.5. The number of hydrogen-bond acceptors (Lipinski definition) is 7. The summed E-state index contributed by atoms with van der Waals surface area (Å²) in [5.41, 5.74) is 7.14. The number of H-pyrrole nitrogens is 1. The van der Waals surface area contributed by atoms with Crippen LogP contribution in [0.15, 0.2) is 66.9 Å². The molecule has 2 aromatic heterocycles. The monoisotopic (exact) mass is 475 g/mol. The van der Waals surface area contributed by atoms with Gasteiger partial charge < -0.3 is 36.5 Å². The number of amides is 3. The number of rotatable bonds is 8. The third kappa shape index (κ3) is 6.01. The Labute approximate surface area is 198 Å². The van der Waals surface area contributed by atoms with Crippen LogP contribution in [0.25, 0.3) is 11.0 Å². The van der Waals surface area contributed by atoms with Crippen molar-refractivity contribution in [1.29, 1.82) is 0 Å². The Morgan fingerprint density at radius 3 is 2.40 bits per heavy atom. The van der Waals surface area contributed by atoms with Gasteiger partial charge in [-0.3, -0.25) is 4.79 Å². The number of carboxylic acid groups (broad SMARTS) is 1. The molecule has 0 aliphatic heterocycles. The summed E-state index contributed by atoms with van der Waals surface area (Å²) in [5, 5.41) is 17.4. The van der Waals surface area contributed by atoms with Crippen LogP contribution in [0.4, 0.5) is 22.1 Å². The summed E-state index contributed by atoms with van der Waals surface area (Å²) in [5.74, 6) is -1.14. The molecular formula is C23H21N7O5. The molecule has 0 radical (unpaired) electrons. The second-order valence-electron chi connectivity index (χ2n) is 7.36. The fourth-order valence-corrected chi connectivity index (χ4v) is 3.17. The van der Waals surface area contributed by atoms with Gasteiger partial charge in [-0.2, -0.15) is 9.97 Å². The average molecular weight is 475 g/mol. The Hall–Kier alpha value is -5.13. The number of carbonyl (C=O) groups is 3. The highest BCUT2D eigenvalue weighted by Crippen LogP contribution is 2.28. The number of nitrogens with one attached hydrogen (secondary N) is 4. The number of para-hydroxylation sites is 1. The van der Waals surface area contributed by atoms with E-state index in [0.717, 1.165) is 0 Å². The zero-order valence-corrected chi connectivity index (χ0v) is 18.2. The fraction of sp³-hybridized carbons (Fsp3) is 0.0870. The highest BCUT2D eigenvalue weighted by molar-refractivity contribution is 5.97. The van der Waals surface area contributed by atoms with Crippen molar-refractivity contribution in [3.05, 3.63) is 66.9 Å². The molecule has 3 amide bonds. The van der Waals surface area contributed by atoms with Gasteiger partial charge in [0.2, 0.25) is 17.7 Å². The van der Waals surface area contributed by atoms with Gasteiger partial charge in [0.25, 0.3) is 0 Å². The number of carboxylic acids is 1. The van der Waals surface area contributed by atoms with Crippen LogP contribution in [0, 0.1) is 0 Å². The lowest BCUT2D eigenvalue weighted by Crippen LogP contribution is -2.45. The largest absolute Gasteiger partial charge is 0.480 e. The first-order valence-electron chi connectivity index (χ1n) is 10.4. The molecule has 0 bridgehead atoms. The van der Waals surface area contributed by atoms with Gasteiger partial charge in [-0.25, -0.2) is 9.59 Å². The standard InChI is InChI=1S/C23H21N7O5/c24-22-29-19-16(10-11-25-19)20(30-22)35-15-8-6-14(7-9-15)27-23(34)28-17(21(32)33)12-18(31)26-13-4-2-1-3-5-13/h1-11,17H,12H2,(H,26,31)(H,32,33)(H2,27,28,34)(H3,24,25,29,30)/t17-/m0/s1. The SMILES string of the molecule is Nc1nc(Oc2ccc(NC(=O)N[C@@H](CC(=O)Nc3ccccc3)C(=O)O)cc2)c2cc[nH]c2n1. The van der Waals surface area contributed by atoms with E-state index in [1.54, 1.807) is 66.9 Å². The first kappa shape index (κ1) is 23.0. The molecule has 12 nitrogen and oxygen atoms in total. The first-order chi connectivity index (χ1) is 16.9. The maximum absolute atomic E-state index is 12.3. The number of urea groups is 1. The lowest BCUT2D eigenvalue weighted by Gasteiger charge is -2.15. The van der Waals surface area contributed by atoms with Gasteiger partial charge in [0.15, 0.2) is 0 Å². The van der Waals surface area contributed by atoms with Crippen LogP contribution in [0.1, 0.15) is 6.42 Å². The van der Waals surface area contributed by atoms with Crippen LogP contribution in [0.3, 0.4) is 0 Å². The van der Waals surface area contributed by atoms with E-state index in [1.165, 1.54) is 0 Å². The molecule has 1 atom stereocenters. The molecule has 12 heteroatoms. The number of nitrogens with two attached hydrogens (primary N) is 1. The summed E-state index contributed by atoms with van der Waals surface area (Å²) in [6.45, 7) is 0. The van der Waals surface area contributed by atoms with E-state index in [2.05, 4.69) is 30.9 Å². The van der Waals surface area contributed by atoms with E-state index >= 15 is 0 Å². The molecule has 0 unspecified atom stereocenters. The van der Waals surface area contributed by atoms with Crippen LogP contribution >= 0.6 is 0 Å². The number of aromatic nitrogens is 3. The maximum atomic E-state index is 12.3. The number of carbonyl (C=O) groups excluding carboxylic acids is 2. The molecule has 0 saturated carbocycles. The second-order valence-corrected chi connectivity index (χ2v) is 7.36. The summed E-state index contributed by atoms with van der Waals surface area (Å²) in [4.78, 5) is 47.1. The summed E-state index contributed by atoms with van der Waals surface area (Å²) < 4.78 is 5.78. The number of anilines is 3. The van der Waals surface area contributed by atoms with Crippen LogP contribution in [0.2, 0.25) is 0 Å². The van der Waals surface area contributed by atoms with Gasteiger partial charge in [-0.15, -0.1) is 0 Å². The first-order valence-corrected chi connectivity index (χ1v) is 10.4. The molecular weight excluding hydrogens is 454 g/mol. The van der Waals surface area contributed by atoms with Gasteiger partial charge in [0.05, 0.1) is 11.8 Å². The molecule has 4 aromatic rings. The summed E-state index contributed by atoms with van der Waals surface area (Å²) in [6, 6.07) is 14.4. The quantitative estimate of drug-likeness (QED) is 0.225. The van der Waals surface area contributed by atoms with Crippen molar-refractivity contribution in [2.75, 3.05) is 16.4 Å². The van der Waals surface area contributed by atoms with Gasteiger partial charge in [-0.1, -0.05) is 18.2 Å². The van der Waals surface area contributed by atoms with Crippen molar-refractivity contribution in [3.63, 3.8) is 0 Å². The Morgan fingerprint density at radius 1 is 0.971 bits per heavy atom. The molecule has 7 N–H and O–H groups in total. The molecule has 0 saturated heterocycles. The molecule has 35 heavy (non-hydrogen) atoms. The predicted octanol–water partition coefficient (Wildman–Crippen LogP) is 2.94. The smallest absolute Gasteiger partial charge is 0.326 e. The molecule has 0 fully saturated rings. The third-order valence-electron chi connectivity index (χ3n) is 4.78. The number of nitrogens with zero attached hydrogens (tertiary/aromatic N) is 2. The van der Waals surface area contributed by atoms with E-state index in [9.17, 15) is 19.5 Å². The predicted molar refractivity (Wildman–Crippen MR) is 128 cm³/mol. The minimum atomic E-state index is -1.42. The van der Waals surface area contributed by atoms with E-state index < -0.39 is 30.4 Å². The molecule has 178 valence electrons. The maximum Gasteiger partial charge on any atom is 0.326 e. The molecule has 0 aliphatic carbocycles. The van der Waals surface area contributed by atoms with Crippen molar-refractivity contribution < 1.29 is 24.2 Å². The number of fused-ring (bicyclic) bond motifs is 1. The number of aliphatic carboxylic acids is 1. The van der Waals surface area contributed by atoms with Crippen molar-refractivity contribution in [3.8, 4) is 11.6 Å². The van der Waals surface area contributed by atoms with Gasteiger partial charge in [-0.05, 0) is 42.5 Å². The molecule has 0 aliphatic rings. The van der Waals surface area contributed by atoms with Crippen LogP contribution in [0.5, 0.6) is 11.6 Å². The van der Waals surface area contributed by atoms with Gasteiger partial charge >= 0.3 is 12.0 Å². The zero-order chi connectivity index (χ0) is 24.8. The van der Waals surface area contributed by atoms with Crippen molar-refractivity contribution in [2.45, 2.75) is 12.5 Å². The molecule has 0 spiro atoms. The van der Waals surface area contributed by atoms with Gasteiger partial charge in [0, 0.05) is 17.6 Å². The molecule has 2 heterocycles.